The first-order valence-corrected chi connectivity index (χ1v) is 12.3. The van der Waals surface area contributed by atoms with Crippen LogP contribution in [0.5, 0.6) is 0 Å². The van der Waals surface area contributed by atoms with Crippen molar-refractivity contribution in [2.24, 2.45) is 5.92 Å². The fourth-order valence-electron chi connectivity index (χ4n) is 3.71. The summed E-state index contributed by atoms with van der Waals surface area (Å²) in [6, 6.07) is 6.00. The number of aromatic nitrogens is 3. The van der Waals surface area contributed by atoms with Crippen LogP contribution in [0.15, 0.2) is 28.0 Å². The third-order valence-electron chi connectivity index (χ3n) is 5.10. The molecule has 0 spiro atoms. The van der Waals surface area contributed by atoms with Crippen molar-refractivity contribution >= 4 is 34.0 Å². The van der Waals surface area contributed by atoms with Gasteiger partial charge in [-0.2, -0.15) is 5.26 Å². The molecule has 3 heterocycles. The second kappa shape index (κ2) is 9.71. The molecule has 0 saturated heterocycles. The highest BCUT2D eigenvalue weighted by atomic mass is 32.2. The summed E-state index contributed by atoms with van der Waals surface area (Å²) in [5.41, 5.74) is 1.79. The van der Waals surface area contributed by atoms with Crippen LogP contribution in [-0.2, 0) is 24.2 Å². The Hall–Kier alpha value is -2.57. The molecule has 4 rings (SSSR count). The van der Waals surface area contributed by atoms with E-state index in [1.165, 1.54) is 16.6 Å². The first-order chi connectivity index (χ1) is 15.1. The van der Waals surface area contributed by atoms with E-state index in [4.69, 9.17) is 4.42 Å². The standard InChI is InChI=1S/C22H25N5O2S2/c1-14(2)13-27-20(17-7-5-10-29-17)25-26-22(27)30-11-9-19(28)24-21-16(12-23)15-6-3-4-8-18(15)31-21/h5,7,10,14H,3-4,6,8-9,11,13H2,1-2H3,(H,24,28). The Labute approximate surface area is 189 Å². The van der Waals surface area contributed by atoms with E-state index in [2.05, 4.69) is 35.4 Å². The van der Waals surface area contributed by atoms with Crippen molar-refractivity contribution < 1.29 is 9.21 Å². The lowest BCUT2D eigenvalue weighted by Crippen LogP contribution is -2.13. The molecular formula is C22H25N5O2S2. The van der Waals surface area contributed by atoms with Crippen molar-refractivity contribution in [3.8, 4) is 17.7 Å². The van der Waals surface area contributed by atoms with E-state index >= 15 is 0 Å². The Kier molecular flexibility index (Phi) is 6.78. The lowest BCUT2D eigenvalue weighted by Gasteiger charge is -2.11. The molecule has 1 aliphatic rings. The topological polar surface area (TPSA) is 96.7 Å². The molecule has 162 valence electrons. The van der Waals surface area contributed by atoms with Crippen molar-refractivity contribution in [2.45, 2.75) is 57.7 Å². The number of furan rings is 1. The predicted molar refractivity (Wildman–Crippen MR) is 122 cm³/mol. The second-order valence-electron chi connectivity index (χ2n) is 7.96. The van der Waals surface area contributed by atoms with Gasteiger partial charge in [0.15, 0.2) is 16.7 Å². The van der Waals surface area contributed by atoms with Gasteiger partial charge in [0.2, 0.25) is 5.91 Å². The molecule has 0 saturated carbocycles. The molecule has 9 heteroatoms. The molecule has 3 aromatic heterocycles. The minimum atomic E-state index is -0.0798. The second-order valence-corrected chi connectivity index (χ2v) is 10.1. The molecule has 0 fully saturated rings. The quantitative estimate of drug-likeness (QED) is 0.473. The number of anilines is 1. The fourth-order valence-corrected chi connectivity index (χ4v) is 5.85. The van der Waals surface area contributed by atoms with Crippen molar-refractivity contribution in [2.75, 3.05) is 11.1 Å². The Morgan fingerprint density at radius 2 is 2.23 bits per heavy atom. The van der Waals surface area contributed by atoms with Gasteiger partial charge < -0.3 is 9.73 Å². The van der Waals surface area contributed by atoms with Gasteiger partial charge in [-0.15, -0.1) is 21.5 Å². The number of nitriles is 1. The van der Waals surface area contributed by atoms with E-state index in [9.17, 15) is 10.1 Å². The summed E-state index contributed by atoms with van der Waals surface area (Å²) >= 11 is 3.07. The summed E-state index contributed by atoms with van der Waals surface area (Å²) in [7, 11) is 0. The van der Waals surface area contributed by atoms with Gasteiger partial charge in [-0.3, -0.25) is 9.36 Å². The molecule has 1 amide bonds. The number of hydrogen-bond donors (Lipinski definition) is 1. The van der Waals surface area contributed by atoms with Crippen LogP contribution in [0.4, 0.5) is 5.00 Å². The number of amides is 1. The van der Waals surface area contributed by atoms with Crippen molar-refractivity contribution in [3.05, 3.63) is 34.4 Å². The van der Waals surface area contributed by atoms with E-state index in [1.54, 1.807) is 17.6 Å². The zero-order chi connectivity index (χ0) is 21.8. The van der Waals surface area contributed by atoms with Gasteiger partial charge in [0.25, 0.3) is 0 Å². The molecule has 0 aromatic carbocycles. The summed E-state index contributed by atoms with van der Waals surface area (Å²) in [4.78, 5) is 13.8. The van der Waals surface area contributed by atoms with E-state index in [1.807, 2.05) is 16.7 Å². The fraction of sp³-hybridized carbons (Fsp3) is 0.455. The minimum absolute atomic E-state index is 0.0798. The van der Waals surface area contributed by atoms with Crippen molar-refractivity contribution in [3.63, 3.8) is 0 Å². The average Bonchev–Trinajstić information content (AvgIpc) is 3.46. The number of carbonyl (C=O) groups is 1. The monoisotopic (exact) mass is 455 g/mol. The van der Waals surface area contributed by atoms with Crippen LogP contribution in [0.25, 0.3) is 11.6 Å². The first-order valence-electron chi connectivity index (χ1n) is 10.5. The van der Waals surface area contributed by atoms with Gasteiger partial charge in [-0.25, -0.2) is 0 Å². The molecule has 1 aliphatic carbocycles. The Morgan fingerprint density at radius 1 is 1.39 bits per heavy atom. The van der Waals surface area contributed by atoms with E-state index in [0.29, 0.717) is 40.2 Å². The molecule has 31 heavy (non-hydrogen) atoms. The predicted octanol–water partition coefficient (Wildman–Crippen LogP) is 5.13. The summed E-state index contributed by atoms with van der Waals surface area (Å²) in [6.45, 7) is 5.05. The van der Waals surface area contributed by atoms with E-state index in [0.717, 1.165) is 42.9 Å². The van der Waals surface area contributed by atoms with Crippen molar-refractivity contribution in [1.82, 2.24) is 14.8 Å². The number of fused-ring (bicyclic) bond motifs is 1. The van der Waals surface area contributed by atoms with Crippen LogP contribution < -0.4 is 5.32 Å². The lowest BCUT2D eigenvalue weighted by molar-refractivity contribution is -0.115. The number of rotatable bonds is 8. The van der Waals surface area contributed by atoms with Gasteiger partial charge >= 0.3 is 0 Å². The molecule has 7 nitrogen and oxygen atoms in total. The summed E-state index contributed by atoms with van der Waals surface area (Å²) in [6.07, 6.45) is 6.16. The smallest absolute Gasteiger partial charge is 0.225 e. The lowest BCUT2D eigenvalue weighted by atomic mass is 9.96. The summed E-state index contributed by atoms with van der Waals surface area (Å²) in [5, 5.41) is 22.6. The van der Waals surface area contributed by atoms with Gasteiger partial charge in [0, 0.05) is 23.6 Å². The van der Waals surface area contributed by atoms with Gasteiger partial charge in [-0.05, 0) is 49.3 Å². The third-order valence-corrected chi connectivity index (χ3v) is 7.28. The molecule has 0 unspecified atom stereocenters. The van der Waals surface area contributed by atoms with Crippen LogP contribution >= 0.6 is 23.1 Å². The molecule has 0 bridgehead atoms. The molecule has 0 aliphatic heterocycles. The Morgan fingerprint density at radius 3 is 2.97 bits per heavy atom. The maximum absolute atomic E-state index is 12.6. The average molecular weight is 456 g/mol. The van der Waals surface area contributed by atoms with Crippen LogP contribution in [0, 0.1) is 17.2 Å². The summed E-state index contributed by atoms with van der Waals surface area (Å²) in [5.74, 6) is 2.30. The highest BCUT2D eigenvalue weighted by Gasteiger charge is 2.22. The van der Waals surface area contributed by atoms with Crippen LogP contribution in [0.1, 0.15) is 49.1 Å². The number of thioether (sulfide) groups is 1. The largest absolute Gasteiger partial charge is 0.461 e. The zero-order valence-electron chi connectivity index (χ0n) is 17.7. The number of aryl methyl sites for hydroxylation is 1. The molecule has 3 aromatic rings. The highest BCUT2D eigenvalue weighted by molar-refractivity contribution is 7.99. The SMILES string of the molecule is CC(C)Cn1c(SCCC(=O)Nc2sc3c(c2C#N)CCCC3)nnc1-c1ccco1. The number of nitrogens with zero attached hydrogens (tertiary/aromatic N) is 4. The Balaban J connectivity index is 1.39. The van der Waals surface area contributed by atoms with Crippen LogP contribution in [0.3, 0.4) is 0 Å². The third kappa shape index (κ3) is 4.86. The summed E-state index contributed by atoms with van der Waals surface area (Å²) < 4.78 is 7.55. The molecule has 1 N–H and O–H groups in total. The normalized spacial score (nSPS) is 13.2. The number of thiophene rings is 1. The molecular weight excluding hydrogens is 430 g/mol. The van der Waals surface area contributed by atoms with Crippen molar-refractivity contribution in [1.29, 1.82) is 5.26 Å². The first kappa shape index (κ1) is 21.7. The number of nitrogens with one attached hydrogen (secondary N) is 1. The Bertz CT molecular complexity index is 1090. The highest BCUT2D eigenvalue weighted by Crippen LogP contribution is 2.37. The molecule has 0 atom stereocenters. The van der Waals surface area contributed by atoms with Crippen LogP contribution in [-0.4, -0.2) is 26.4 Å². The van der Waals surface area contributed by atoms with E-state index < -0.39 is 0 Å². The number of carbonyl (C=O) groups excluding carboxylic acids is 1. The number of hydrogen-bond acceptors (Lipinski definition) is 7. The van der Waals surface area contributed by atoms with E-state index in [-0.39, 0.29) is 5.91 Å². The maximum Gasteiger partial charge on any atom is 0.225 e. The van der Waals surface area contributed by atoms with Gasteiger partial charge in [0.1, 0.15) is 11.1 Å². The van der Waals surface area contributed by atoms with Gasteiger partial charge in [-0.1, -0.05) is 25.6 Å². The van der Waals surface area contributed by atoms with Crippen LogP contribution in [0.2, 0.25) is 0 Å². The maximum atomic E-state index is 12.6. The molecule has 0 radical (unpaired) electrons. The van der Waals surface area contributed by atoms with Gasteiger partial charge in [0.05, 0.1) is 11.8 Å². The minimum Gasteiger partial charge on any atom is -0.461 e. The zero-order valence-corrected chi connectivity index (χ0v) is 19.3.